The maximum atomic E-state index is 12.9. The van der Waals surface area contributed by atoms with Gasteiger partial charge in [-0.2, -0.15) is 0 Å². The summed E-state index contributed by atoms with van der Waals surface area (Å²) in [5.41, 5.74) is 0.791. The Bertz CT molecular complexity index is 792. The highest BCUT2D eigenvalue weighted by Crippen LogP contribution is 2.12. The number of aromatic nitrogens is 1. The molecule has 3 rings (SSSR count). The number of hydrogen-bond donors (Lipinski definition) is 2. The zero-order valence-electron chi connectivity index (χ0n) is 15.8. The molecule has 148 valence electrons. The van der Waals surface area contributed by atoms with Gasteiger partial charge in [0.25, 0.3) is 0 Å². The van der Waals surface area contributed by atoms with Crippen LogP contribution in [0.4, 0.5) is 15.0 Å². The minimum atomic E-state index is -0.665. The summed E-state index contributed by atoms with van der Waals surface area (Å²) in [5.74, 6) is 0.291. The number of carbonyl (C=O) groups excluding carboxylic acids is 2. The van der Waals surface area contributed by atoms with Crippen molar-refractivity contribution in [3.8, 4) is 0 Å². The molecule has 1 aromatic carbocycles. The van der Waals surface area contributed by atoms with Gasteiger partial charge in [0.1, 0.15) is 17.7 Å². The van der Waals surface area contributed by atoms with Gasteiger partial charge in [0.05, 0.1) is 0 Å². The number of hydrogen-bond acceptors (Lipinski definition) is 4. The molecule has 1 saturated heterocycles. The maximum Gasteiger partial charge on any atom is 0.318 e. The van der Waals surface area contributed by atoms with E-state index in [0.717, 1.165) is 11.4 Å². The molecule has 1 fully saturated rings. The number of anilines is 1. The van der Waals surface area contributed by atoms with E-state index in [2.05, 4.69) is 20.5 Å². The lowest BCUT2D eigenvalue weighted by Gasteiger charge is -2.35. The lowest BCUT2D eigenvalue weighted by atomic mass is 10.2. The van der Waals surface area contributed by atoms with Crippen LogP contribution in [0.1, 0.15) is 12.5 Å². The summed E-state index contributed by atoms with van der Waals surface area (Å²) >= 11 is 0. The van der Waals surface area contributed by atoms with Gasteiger partial charge in [-0.15, -0.1) is 0 Å². The molecule has 1 aliphatic heterocycles. The zero-order valence-corrected chi connectivity index (χ0v) is 15.8. The molecule has 3 amide bonds. The first-order valence-electron chi connectivity index (χ1n) is 9.26. The predicted molar refractivity (Wildman–Crippen MR) is 104 cm³/mol. The summed E-state index contributed by atoms with van der Waals surface area (Å²) in [6, 6.07) is 10.7. The minimum absolute atomic E-state index is 0.259. The Kier molecular flexibility index (Phi) is 6.41. The van der Waals surface area contributed by atoms with Crippen molar-refractivity contribution in [3.63, 3.8) is 0 Å². The zero-order chi connectivity index (χ0) is 19.9. The number of amides is 3. The molecule has 1 aliphatic rings. The van der Waals surface area contributed by atoms with Gasteiger partial charge in [-0.3, -0.25) is 4.79 Å². The van der Waals surface area contributed by atoms with Crippen molar-refractivity contribution in [2.45, 2.75) is 19.5 Å². The van der Waals surface area contributed by atoms with E-state index in [0.29, 0.717) is 26.2 Å². The van der Waals surface area contributed by atoms with Crippen LogP contribution in [0.5, 0.6) is 0 Å². The Morgan fingerprint density at radius 3 is 2.46 bits per heavy atom. The lowest BCUT2D eigenvalue weighted by Crippen LogP contribution is -2.55. The van der Waals surface area contributed by atoms with Gasteiger partial charge in [-0.05, 0) is 36.8 Å². The van der Waals surface area contributed by atoms with E-state index in [1.54, 1.807) is 30.2 Å². The van der Waals surface area contributed by atoms with E-state index in [4.69, 9.17) is 0 Å². The molecule has 1 atom stereocenters. The number of nitrogens with zero attached hydrogens (tertiary/aromatic N) is 3. The van der Waals surface area contributed by atoms with E-state index in [9.17, 15) is 14.0 Å². The van der Waals surface area contributed by atoms with Gasteiger partial charge in [-0.1, -0.05) is 18.2 Å². The molecule has 0 unspecified atom stereocenters. The Labute approximate surface area is 163 Å². The molecule has 0 saturated carbocycles. The Balaban J connectivity index is 1.42. The van der Waals surface area contributed by atoms with Gasteiger partial charge in [0.15, 0.2) is 0 Å². The third kappa shape index (κ3) is 5.18. The standard InChI is InChI=1S/C20H24FN5O2/c1-15(19(27)23-14-16-5-7-17(21)8-6-16)24-20(28)26-12-10-25(11-13-26)18-4-2-3-9-22-18/h2-9,15H,10-14H2,1H3,(H,23,27)(H,24,28)/t15-/m1/s1. The van der Waals surface area contributed by atoms with E-state index < -0.39 is 6.04 Å². The molecule has 2 heterocycles. The van der Waals surface area contributed by atoms with Crippen molar-refractivity contribution >= 4 is 17.8 Å². The number of rotatable bonds is 5. The molecule has 28 heavy (non-hydrogen) atoms. The number of benzene rings is 1. The van der Waals surface area contributed by atoms with Crippen LogP contribution in [0.3, 0.4) is 0 Å². The van der Waals surface area contributed by atoms with Gasteiger partial charge in [0.2, 0.25) is 5.91 Å². The fourth-order valence-electron chi connectivity index (χ4n) is 2.97. The van der Waals surface area contributed by atoms with Crippen LogP contribution in [-0.2, 0) is 11.3 Å². The van der Waals surface area contributed by atoms with Crippen molar-refractivity contribution < 1.29 is 14.0 Å². The van der Waals surface area contributed by atoms with Gasteiger partial charge >= 0.3 is 6.03 Å². The van der Waals surface area contributed by atoms with Crippen LogP contribution >= 0.6 is 0 Å². The van der Waals surface area contributed by atoms with Gasteiger partial charge < -0.3 is 20.4 Å². The maximum absolute atomic E-state index is 12.9. The molecule has 0 bridgehead atoms. The van der Waals surface area contributed by atoms with Crippen molar-refractivity contribution in [1.29, 1.82) is 0 Å². The number of halogens is 1. The molecular weight excluding hydrogens is 361 g/mol. The van der Waals surface area contributed by atoms with Crippen LogP contribution in [0.25, 0.3) is 0 Å². The molecule has 7 nitrogen and oxygen atoms in total. The van der Waals surface area contributed by atoms with E-state index >= 15 is 0 Å². The largest absolute Gasteiger partial charge is 0.353 e. The summed E-state index contributed by atoms with van der Waals surface area (Å²) in [7, 11) is 0. The first kappa shape index (κ1) is 19.6. The van der Waals surface area contributed by atoms with E-state index in [1.165, 1.54) is 12.1 Å². The predicted octanol–water partition coefficient (Wildman–Crippen LogP) is 1.76. The highest BCUT2D eigenvalue weighted by molar-refractivity contribution is 5.86. The molecule has 0 radical (unpaired) electrons. The molecule has 0 aliphatic carbocycles. The monoisotopic (exact) mass is 385 g/mol. The van der Waals surface area contributed by atoms with Crippen molar-refractivity contribution in [1.82, 2.24) is 20.5 Å². The summed E-state index contributed by atoms with van der Waals surface area (Å²) in [6.07, 6.45) is 1.75. The molecule has 2 N–H and O–H groups in total. The van der Waals surface area contributed by atoms with E-state index in [-0.39, 0.29) is 24.3 Å². The molecular formula is C20H24FN5O2. The number of nitrogens with one attached hydrogen (secondary N) is 2. The smallest absolute Gasteiger partial charge is 0.318 e. The first-order valence-corrected chi connectivity index (χ1v) is 9.26. The number of piperazine rings is 1. The van der Waals surface area contributed by atoms with Gasteiger partial charge in [0, 0.05) is 38.9 Å². The van der Waals surface area contributed by atoms with Crippen LogP contribution in [0, 0.1) is 5.82 Å². The topological polar surface area (TPSA) is 77.6 Å². The average molecular weight is 385 g/mol. The van der Waals surface area contributed by atoms with Crippen molar-refractivity contribution in [2.24, 2.45) is 0 Å². The fourth-order valence-corrected chi connectivity index (χ4v) is 2.97. The highest BCUT2D eigenvalue weighted by atomic mass is 19.1. The van der Waals surface area contributed by atoms with Crippen LogP contribution < -0.4 is 15.5 Å². The van der Waals surface area contributed by atoms with Crippen molar-refractivity contribution in [2.75, 3.05) is 31.1 Å². The Hall–Kier alpha value is -3.16. The minimum Gasteiger partial charge on any atom is -0.353 e. The summed E-state index contributed by atoms with van der Waals surface area (Å²) in [6.45, 7) is 4.42. The molecule has 2 aromatic rings. The molecule has 8 heteroatoms. The average Bonchev–Trinajstić information content (AvgIpc) is 2.73. The molecule has 0 spiro atoms. The third-order valence-electron chi connectivity index (χ3n) is 4.65. The second-order valence-corrected chi connectivity index (χ2v) is 6.68. The van der Waals surface area contributed by atoms with Crippen molar-refractivity contribution in [3.05, 3.63) is 60.0 Å². The van der Waals surface area contributed by atoms with Crippen LogP contribution in [0.2, 0.25) is 0 Å². The Morgan fingerprint density at radius 1 is 1.11 bits per heavy atom. The van der Waals surface area contributed by atoms with Gasteiger partial charge in [-0.25, -0.2) is 14.2 Å². The van der Waals surface area contributed by atoms with E-state index in [1.807, 2.05) is 18.2 Å². The summed E-state index contributed by atoms with van der Waals surface area (Å²) in [4.78, 5) is 32.8. The van der Waals surface area contributed by atoms with Crippen LogP contribution in [0.15, 0.2) is 48.7 Å². The highest BCUT2D eigenvalue weighted by Gasteiger charge is 2.24. The molecule has 1 aromatic heterocycles. The normalized spacial score (nSPS) is 15.1. The lowest BCUT2D eigenvalue weighted by molar-refractivity contribution is -0.122. The second kappa shape index (κ2) is 9.16. The third-order valence-corrected chi connectivity index (χ3v) is 4.65. The second-order valence-electron chi connectivity index (χ2n) is 6.68. The fraction of sp³-hybridized carbons (Fsp3) is 0.350. The quantitative estimate of drug-likeness (QED) is 0.822. The van der Waals surface area contributed by atoms with Crippen LogP contribution in [-0.4, -0.2) is 54.0 Å². The number of urea groups is 1. The summed E-state index contributed by atoms with van der Waals surface area (Å²) < 4.78 is 12.9. The number of carbonyl (C=O) groups is 2. The Morgan fingerprint density at radius 2 is 1.82 bits per heavy atom. The SMILES string of the molecule is C[C@@H](NC(=O)N1CCN(c2ccccn2)CC1)C(=O)NCc1ccc(F)cc1. The first-order chi connectivity index (χ1) is 13.5. The number of pyridine rings is 1. The summed E-state index contributed by atoms with van der Waals surface area (Å²) in [5, 5.41) is 5.47.